The number of rotatable bonds is 12. The SMILES string of the molecule is Cc1cc(C)c(O)c(C=NCC(CCCCC[P+](C)(C)C)CN=Cc2cc(C)cc(C)c2O)c1. The zero-order valence-corrected chi connectivity index (χ0v) is 23.1. The van der Waals surface area contributed by atoms with Gasteiger partial charge in [0.2, 0.25) is 0 Å². The fraction of sp³-hybridized carbons (Fsp3) is 0.517. The van der Waals surface area contributed by atoms with Gasteiger partial charge in [0.05, 0.1) is 6.16 Å². The first-order valence-electron chi connectivity index (χ1n) is 12.4. The topological polar surface area (TPSA) is 65.2 Å². The highest BCUT2D eigenvalue weighted by atomic mass is 31.2. The smallest absolute Gasteiger partial charge is 0.127 e. The molecule has 186 valence electrons. The third-order valence-electron chi connectivity index (χ3n) is 6.08. The summed E-state index contributed by atoms with van der Waals surface area (Å²) in [5.41, 5.74) is 5.53. The van der Waals surface area contributed by atoms with Crippen LogP contribution in [0.4, 0.5) is 0 Å². The summed E-state index contributed by atoms with van der Waals surface area (Å²) in [6.07, 6.45) is 9.75. The van der Waals surface area contributed by atoms with Crippen LogP contribution in [0, 0.1) is 33.6 Å². The second-order valence-corrected chi connectivity index (χ2v) is 15.8. The first-order valence-corrected chi connectivity index (χ1v) is 15.7. The molecule has 0 saturated heterocycles. The van der Waals surface area contributed by atoms with Crippen molar-refractivity contribution in [2.45, 2.75) is 53.4 Å². The summed E-state index contributed by atoms with van der Waals surface area (Å²) in [4.78, 5) is 9.38. The van der Waals surface area contributed by atoms with Gasteiger partial charge in [-0.25, -0.2) is 0 Å². The van der Waals surface area contributed by atoms with Crippen LogP contribution in [0.5, 0.6) is 11.5 Å². The van der Waals surface area contributed by atoms with Crippen molar-refractivity contribution in [2.24, 2.45) is 15.9 Å². The van der Waals surface area contributed by atoms with Crippen LogP contribution in [-0.2, 0) is 0 Å². The van der Waals surface area contributed by atoms with Gasteiger partial charge in [0.25, 0.3) is 0 Å². The van der Waals surface area contributed by atoms with Gasteiger partial charge in [0.15, 0.2) is 0 Å². The lowest BCUT2D eigenvalue weighted by Crippen LogP contribution is -2.10. The number of hydrogen-bond acceptors (Lipinski definition) is 4. The molecule has 0 aliphatic carbocycles. The molecule has 5 heteroatoms. The maximum absolute atomic E-state index is 10.4. The molecule has 0 atom stereocenters. The summed E-state index contributed by atoms with van der Waals surface area (Å²) < 4.78 is 0. The van der Waals surface area contributed by atoms with E-state index in [1.807, 2.05) is 52.0 Å². The molecule has 0 aliphatic rings. The Labute approximate surface area is 207 Å². The molecule has 0 bridgehead atoms. The van der Waals surface area contributed by atoms with Crippen molar-refractivity contribution in [1.82, 2.24) is 0 Å². The minimum atomic E-state index is -0.703. The van der Waals surface area contributed by atoms with Crippen molar-refractivity contribution in [1.29, 1.82) is 0 Å². The largest absolute Gasteiger partial charge is 0.507 e. The quantitative estimate of drug-likeness (QED) is 0.195. The summed E-state index contributed by atoms with van der Waals surface area (Å²) in [5.74, 6) is 0.942. The molecule has 2 aromatic rings. The molecule has 0 unspecified atom stereocenters. The Bertz CT molecular complexity index is 937. The summed E-state index contributed by atoms with van der Waals surface area (Å²) in [5, 5.41) is 20.7. The summed E-state index contributed by atoms with van der Waals surface area (Å²) in [7, 11) is -0.703. The second-order valence-electron chi connectivity index (χ2n) is 10.8. The minimum absolute atomic E-state index is 0.305. The van der Waals surface area contributed by atoms with E-state index in [0.717, 1.165) is 39.8 Å². The maximum Gasteiger partial charge on any atom is 0.127 e. The second kappa shape index (κ2) is 13.0. The number of phenols is 2. The molecule has 0 fully saturated rings. The molecule has 2 rings (SSSR count). The van der Waals surface area contributed by atoms with Crippen molar-refractivity contribution >= 4 is 19.7 Å². The van der Waals surface area contributed by atoms with E-state index in [9.17, 15) is 10.2 Å². The Kier molecular flexibility index (Phi) is 10.8. The lowest BCUT2D eigenvalue weighted by atomic mass is 10.0. The molecule has 2 N–H and O–H groups in total. The van der Waals surface area contributed by atoms with Gasteiger partial charge >= 0.3 is 0 Å². The molecule has 0 heterocycles. The van der Waals surface area contributed by atoms with E-state index in [1.54, 1.807) is 12.4 Å². The first-order chi connectivity index (χ1) is 16.0. The van der Waals surface area contributed by atoms with E-state index < -0.39 is 7.26 Å². The summed E-state index contributed by atoms with van der Waals surface area (Å²) in [6.45, 7) is 16.5. The third kappa shape index (κ3) is 9.58. The monoisotopic (exact) mass is 483 g/mol. The molecule has 0 aromatic heterocycles. The maximum atomic E-state index is 10.4. The van der Waals surface area contributed by atoms with Crippen molar-refractivity contribution in [3.8, 4) is 11.5 Å². The van der Waals surface area contributed by atoms with Crippen LogP contribution in [0.15, 0.2) is 34.3 Å². The molecular weight excluding hydrogens is 439 g/mol. The molecule has 2 aromatic carbocycles. The highest BCUT2D eigenvalue weighted by molar-refractivity contribution is 7.73. The van der Waals surface area contributed by atoms with Crippen LogP contribution in [-0.4, -0.2) is 61.9 Å². The normalized spacial score (nSPS) is 13.3. The van der Waals surface area contributed by atoms with Crippen LogP contribution < -0.4 is 0 Å². The molecule has 34 heavy (non-hydrogen) atoms. The number of benzene rings is 2. The van der Waals surface area contributed by atoms with E-state index in [0.29, 0.717) is 30.5 Å². The summed E-state index contributed by atoms with van der Waals surface area (Å²) >= 11 is 0. The Hall–Kier alpha value is -2.19. The third-order valence-corrected chi connectivity index (χ3v) is 7.74. The predicted molar refractivity (Wildman–Crippen MR) is 152 cm³/mol. The fourth-order valence-electron chi connectivity index (χ4n) is 4.22. The van der Waals surface area contributed by atoms with E-state index in [-0.39, 0.29) is 0 Å². The van der Waals surface area contributed by atoms with E-state index >= 15 is 0 Å². The van der Waals surface area contributed by atoms with Crippen molar-refractivity contribution in [3.05, 3.63) is 57.6 Å². The lowest BCUT2D eigenvalue weighted by Gasteiger charge is -2.14. The highest BCUT2D eigenvalue weighted by Gasteiger charge is 2.16. The van der Waals surface area contributed by atoms with Gasteiger partial charge in [-0.15, -0.1) is 0 Å². The molecule has 0 saturated carbocycles. The van der Waals surface area contributed by atoms with Gasteiger partial charge in [-0.3, -0.25) is 9.98 Å². The molecule has 0 spiro atoms. The molecular formula is C29H44N2O2P+. The average Bonchev–Trinajstić information content (AvgIpc) is 2.73. The predicted octanol–water partition coefficient (Wildman–Crippen LogP) is 6.95. The Morgan fingerprint density at radius 1 is 0.735 bits per heavy atom. The van der Waals surface area contributed by atoms with Gasteiger partial charge in [0.1, 0.15) is 11.5 Å². The average molecular weight is 484 g/mol. The number of phenolic OH excluding ortho intramolecular Hbond substituents is 2. The zero-order chi connectivity index (χ0) is 25.3. The van der Waals surface area contributed by atoms with E-state index in [4.69, 9.17) is 9.98 Å². The Balaban J connectivity index is 2.05. The zero-order valence-electron chi connectivity index (χ0n) is 22.2. The highest BCUT2D eigenvalue weighted by Crippen LogP contribution is 2.47. The number of aryl methyl sites for hydroxylation is 4. The van der Waals surface area contributed by atoms with Gasteiger partial charge in [-0.2, -0.15) is 0 Å². The van der Waals surface area contributed by atoms with Crippen LogP contribution in [0.1, 0.15) is 59.1 Å². The Morgan fingerprint density at radius 3 is 1.65 bits per heavy atom. The van der Waals surface area contributed by atoms with Crippen LogP contribution in [0.25, 0.3) is 0 Å². The molecule has 0 radical (unpaired) electrons. The lowest BCUT2D eigenvalue weighted by molar-refractivity contribution is 0.469. The first kappa shape index (κ1) is 28.1. The molecule has 4 nitrogen and oxygen atoms in total. The van der Waals surface area contributed by atoms with Crippen LogP contribution in [0.2, 0.25) is 0 Å². The van der Waals surface area contributed by atoms with Crippen LogP contribution in [0.3, 0.4) is 0 Å². The number of hydrogen-bond donors (Lipinski definition) is 2. The van der Waals surface area contributed by atoms with Crippen LogP contribution >= 0.6 is 7.26 Å². The number of nitrogens with zero attached hydrogens (tertiary/aromatic N) is 2. The van der Waals surface area contributed by atoms with Gasteiger partial charge in [0, 0.05) is 63.9 Å². The van der Waals surface area contributed by atoms with E-state index in [2.05, 4.69) is 20.0 Å². The number of aromatic hydroxyl groups is 2. The summed E-state index contributed by atoms with van der Waals surface area (Å²) in [6, 6.07) is 7.90. The van der Waals surface area contributed by atoms with E-state index in [1.165, 1.54) is 25.4 Å². The van der Waals surface area contributed by atoms with Crippen molar-refractivity contribution < 1.29 is 10.2 Å². The number of unbranched alkanes of at least 4 members (excludes halogenated alkanes) is 2. The standard InChI is InChI=1S/C29H43N2O2P/c1-21-13-23(3)28(32)26(15-21)19-30-17-25(11-9-8-10-12-34(5,6)7)18-31-20-27-16-22(2)14-24(4)29(27)33/h13-16,19-20,25H,8-12,17-18H2,1-7H3,(H-,30,31,32,33)/p+1. The van der Waals surface area contributed by atoms with Gasteiger partial charge < -0.3 is 10.2 Å². The van der Waals surface area contributed by atoms with Gasteiger partial charge in [-0.1, -0.05) is 18.6 Å². The van der Waals surface area contributed by atoms with Crippen molar-refractivity contribution in [2.75, 3.05) is 39.2 Å². The Morgan fingerprint density at radius 2 is 1.21 bits per heavy atom. The number of aliphatic imine (C=N–C) groups is 2. The van der Waals surface area contributed by atoms with Crippen molar-refractivity contribution in [3.63, 3.8) is 0 Å². The molecule has 0 aliphatic heterocycles. The van der Waals surface area contributed by atoms with Gasteiger partial charge in [-0.05, 0) is 87.3 Å². The fourth-order valence-corrected chi connectivity index (χ4v) is 5.39. The minimum Gasteiger partial charge on any atom is -0.507 e. The molecule has 0 amide bonds.